The van der Waals surface area contributed by atoms with Crippen LogP contribution < -0.4 is 5.32 Å². The second-order valence-corrected chi connectivity index (χ2v) is 9.56. The van der Waals surface area contributed by atoms with E-state index in [1.165, 1.54) is 11.3 Å². The van der Waals surface area contributed by atoms with Crippen molar-refractivity contribution in [2.24, 2.45) is 5.92 Å². The number of aliphatic carboxylic acids is 1. The molecule has 1 aromatic carbocycles. The van der Waals surface area contributed by atoms with E-state index in [1.807, 2.05) is 0 Å². The third-order valence-electron chi connectivity index (χ3n) is 6.22. The Balaban J connectivity index is 1.40. The Bertz CT molecular complexity index is 1390. The lowest BCUT2D eigenvalue weighted by Gasteiger charge is -2.32. The van der Waals surface area contributed by atoms with Gasteiger partial charge >= 0.3 is 12.1 Å². The number of nitrogens with one attached hydrogen (secondary N) is 2. The molecule has 3 aromatic heterocycles. The van der Waals surface area contributed by atoms with Crippen molar-refractivity contribution in [2.45, 2.75) is 37.5 Å². The standard InChI is InChI=1S/C23H20F3N5O3S/c24-23(25,26)18-5-8-27-21(31-18)30-13-1-2-16-14(9-13)15(10-28-16)17-11-29-20(35-17)22(34)6-3-12(4-7-22)19(32)33/h1-2,5,8-12,28,34H,3-4,6-7H2,(H,32,33)(H,27,30,31). The van der Waals surface area contributed by atoms with Crippen LogP contribution in [0.4, 0.5) is 24.8 Å². The largest absolute Gasteiger partial charge is 0.481 e. The van der Waals surface area contributed by atoms with E-state index in [9.17, 15) is 28.2 Å². The van der Waals surface area contributed by atoms with Crippen molar-refractivity contribution in [3.63, 3.8) is 0 Å². The number of aromatic nitrogens is 4. The Labute approximate surface area is 200 Å². The predicted octanol–water partition coefficient (Wildman–Crippen LogP) is 5.31. The second kappa shape index (κ2) is 8.61. The molecule has 8 nitrogen and oxygen atoms in total. The lowest BCUT2D eigenvalue weighted by molar-refractivity contribution is -0.145. The highest BCUT2D eigenvalue weighted by atomic mass is 32.1. The molecule has 4 aromatic rings. The molecular formula is C23H20F3N5O3S. The SMILES string of the molecule is O=C(O)C1CCC(O)(c2ncc(-c3c[nH]c4ccc(Nc5nccc(C(F)(F)F)n5)cc34)s2)CC1. The number of aliphatic hydroxyl groups is 1. The van der Waals surface area contributed by atoms with E-state index in [2.05, 4.69) is 25.3 Å². The summed E-state index contributed by atoms with van der Waals surface area (Å²) in [7, 11) is 0. The maximum Gasteiger partial charge on any atom is 0.433 e. The van der Waals surface area contributed by atoms with Gasteiger partial charge in [-0.1, -0.05) is 0 Å². The number of hydrogen-bond acceptors (Lipinski definition) is 7. The molecule has 0 saturated heterocycles. The minimum Gasteiger partial charge on any atom is -0.481 e. The number of carboxylic acid groups (broad SMARTS) is 1. The Morgan fingerprint density at radius 2 is 1.97 bits per heavy atom. The van der Waals surface area contributed by atoms with Crippen LogP contribution in [0.5, 0.6) is 0 Å². The summed E-state index contributed by atoms with van der Waals surface area (Å²) in [5.74, 6) is -1.46. The first-order valence-electron chi connectivity index (χ1n) is 10.8. The maximum atomic E-state index is 13.0. The first kappa shape index (κ1) is 23.2. The number of carbonyl (C=O) groups is 1. The molecule has 0 amide bonds. The predicted molar refractivity (Wildman–Crippen MR) is 123 cm³/mol. The fourth-order valence-electron chi connectivity index (χ4n) is 4.28. The summed E-state index contributed by atoms with van der Waals surface area (Å²) in [5.41, 5.74) is -0.0561. The van der Waals surface area contributed by atoms with Gasteiger partial charge in [0.1, 0.15) is 16.3 Å². The van der Waals surface area contributed by atoms with Gasteiger partial charge in [0.15, 0.2) is 0 Å². The molecule has 35 heavy (non-hydrogen) atoms. The Morgan fingerprint density at radius 3 is 2.69 bits per heavy atom. The van der Waals surface area contributed by atoms with E-state index in [0.717, 1.165) is 33.6 Å². The summed E-state index contributed by atoms with van der Waals surface area (Å²) in [5, 5.41) is 24.5. The van der Waals surface area contributed by atoms with Crippen LogP contribution in [0.3, 0.4) is 0 Å². The molecule has 12 heteroatoms. The van der Waals surface area contributed by atoms with E-state index in [-0.39, 0.29) is 5.95 Å². The van der Waals surface area contributed by atoms with E-state index in [1.54, 1.807) is 30.6 Å². The summed E-state index contributed by atoms with van der Waals surface area (Å²) >= 11 is 1.34. The van der Waals surface area contributed by atoms with Crippen molar-refractivity contribution >= 4 is 39.8 Å². The van der Waals surface area contributed by atoms with Crippen molar-refractivity contribution in [3.05, 3.63) is 53.6 Å². The maximum absolute atomic E-state index is 13.0. The van der Waals surface area contributed by atoms with E-state index in [0.29, 0.717) is 36.4 Å². The van der Waals surface area contributed by atoms with Crippen LogP contribution >= 0.6 is 11.3 Å². The molecule has 1 saturated carbocycles. The minimum atomic E-state index is -4.57. The summed E-state index contributed by atoms with van der Waals surface area (Å²) in [6, 6.07) is 6.07. The van der Waals surface area contributed by atoms with E-state index in [4.69, 9.17) is 0 Å². The van der Waals surface area contributed by atoms with Crippen LogP contribution in [0.15, 0.2) is 42.9 Å². The summed E-state index contributed by atoms with van der Waals surface area (Å²) < 4.78 is 38.9. The number of halogens is 3. The van der Waals surface area contributed by atoms with Gasteiger partial charge in [-0.25, -0.2) is 15.0 Å². The normalized spacial score (nSPS) is 20.7. The number of benzene rings is 1. The summed E-state index contributed by atoms with van der Waals surface area (Å²) in [6.45, 7) is 0. The summed E-state index contributed by atoms with van der Waals surface area (Å²) in [6.07, 6.45) is 1.38. The smallest absolute Gasteiger partial charge is 0.433 e. The molecule has 0 aliphatic heterocycles. The quantitative estimate of drug-likeness (QED) is 0.291. The molecule has 1 fully saturated rings. The molecule has 0 spiro atoms. The number of aromatic amines is 1. The molecule has 0 atom stereocenters. The van der Waals surface area contributed by atoms with Gasteiger partial charge < -0.3 is 20.5 Å². The van der Waals surface area contributed by atoms with Crippen molar-refractivity contribution in [3.8, 4) is 10.4 Å². The number of nitrogens with zero attached hydrogens (tertiary/aromatic N) is 3. The van der Waals surface area contributed by atoms with Gasteiger partial charge in [0.25, 0.3) is 0 Å². The average molecular weight is 504 g/mol. The van der Waals surface area contributed by atoms with E-state index >= 15 is 0 Å². The number of hydrogen-bond donors (Lipinski definition) is 4. The van der Waals surface area contributed by atoms with Gasteiger partial charge in [-0.05, 0) is 49.9 Å². The van der Waals surface area contributed by atoms with Crippen LogP contribution in [0.1, 0.15) is 36.4 Å². The molecule has 0 unspecified atom stereocenters. The lowest BCUT2D eigenvalue weighted by Crippen LogP contribution is -2.33. The summed E-state index contributed by atoms with van der Waals surface area (Å²) in [4.78, 5) is 27.0. The van der Waals surface area contributed by atoms with Crippen molar-refractivity contribution < 1.29 is 28.2 Å². The number of thiazole rings is 1. The highest BCUT2D eigenvalue weighted by molar-refractivity contribution is 7.15. The van der Waals surface area contributed by atoms with Gasteiger partial charge in [-0.15, -0.1) is 11.3 Å². The first-order valence-corrected chi connectivity index (χ1v) is 11.6. The van der Waals surface area contributed by atoms with Crippen LogP contribution in [0.2, 0.25) is 0 Å². The Kier molecular flexibility index (Phi) is 5.72. The molecule has 1 aliphatic rings. The zero-order valence-corrected chi connectivity index (χ0v) is 19.0. The Hall–Kier alpha value is -3.51. The van der Waals surface area contributed by atoms with Crippen molar-refractivity contribution in [1.82, 2.24) is 19.9 Å². The number of H-pyrrole nitrogens is 1. The van der Waals surface area contributed by atoms with Crippen LogP contribution in [0.25, 0.3) is 21.3 Å². The number of rotatable bonds is 5. The fraction of sp³-hybridized carbons (Fsp3) is 0.304. The number of anilines is 2. The van der Waals surface area contributed by atoms with Crippen LogP contribution in [-0.2, 0) is 16.6 Å². The molecular weight excluding hydrogens is 483 g/mol. The van der Waals surface area contributed by atoms with Gasteiger partial charge in [-0.2, -0.15) is 13.2 Å². The zero-order chi connectivity index (χ0) is 24.8. The van der Waals surface area contributed by atoms with Gasteiger partial charge in [0, 0.05) is 40.7 Å². The molecule has 4 N–H and O–H groups in total. The molecule has 3 heterocycles. The minimum absolute atomic E-state index is 0.171. The van der Waals surface area contributed by atoms with Crippen LogP contribution in [-0.4, -0.2) is 36.1 Å². The Morgan fingerprint density at radius 1 is 1.20 bits per heavy atom. The lowest BCUT2D eigenvalue weighted by atomic mass is 9.79. The third kappa shape index (κ3) is 4.58. The monoisotopic (exact) mass is 503 g/mol. The number of alkyl halides is 3. The number of fused-ring (bicyclic) bond motifs is 1. The van der Waals surface area contributed by atoms with Gasteiger partial charge in [0.05, 0.1) is 10.8 Å². The second-order valence-electron chi connectivity index (χ2n) is 8.52. The highest BCUT2D eigenvalue weighted by Crippen LogP contribution is 2.43. The zero-order valence-electron chi connectivity index (χ0n) is 18.1. The van der Waals surface area contributed by atoms with Gasteiger partial charge in [0.2, 0.25) is 5.95 Å². The topological polar surface area (TPSA) is 124 Å². The highest BCUT2D eigenvalue weighted by Gasteiger charge is 2.39. The van der Waals surface area contributed by atoms with Crippen molar-refractivity contribution in [1.29, 1.82) is 0 Å². The van der Waals surface area contributed by atoms with E-state index < -0.39 is 29.4 Å². The molecule has 182 valence electrons. The molecule has 0 radical (unpaired) electrons. The molecule has 0 bridgehead atoms. The van der Waals surface area contributed by atoms with Crippen molar-refractivity contribution in [2.75, 3.05) is 5.32 Å². The fourth-order valence-corrected chi connectivity index (χ4v) is 5.37. The first-order chi connectivity index (χ1) is 16.6. The van der Waals surface area contributed by atoms with Crippen LogP contribution in [0, 0.1) is 5.92 Å². The third-order valence-corrected chi connectivity index (χ3v) is 7.44. The molecule has 1 aliphatic carbocycles. The average Bonchev–Trinajstić information content (AvgIpc) is 3.46. The molecule has 5 rings (SSSR count). The number of carboxylic acids is 1. The van der Waals surface area contributed by atoms with Gasteiger partial charge in [-0.3, -0.25) is 4.79 Å².